The summed E-state index contributed by atoms with van der Waals surface area (Å²) in [5, 5.41) is 0.910. The Kier molecular flexibility index (Phi) is 3.13. The van der Waals surface area contributed by atoms with Crippen molar-refractivity contribution in [3.05, 3.63) is 58.1 Å². The molecule has 5 nitrogen and oxygen atoms in total. The van der Waals surface area contributed by atoms with Crippen LogP contribution in [0, 0.1) is 12.7 Å². The molecule has 4 rings (SSSR count). The molecule has 0 aliphatic heterocycles. The normalized spacial score (nSPS) is 11.3. The zero-order valence-corrected chi connectivity index (χ0v) is 13.1. The minimum absolute atomic E-state index is 0.223. The molecule has 0 saturated carbocycles. The summed E-state index contributed by atoms with van der Waals surface area (Å²) in [4.78, 5) is 22.6. The van der Waals surface area contributed by atoms with Crippen molar-refractivity contribution < 1.29 is 9.13 Å². The summed E-state index contributed by atoms with van der Waals surface area (Å²) >= 11 is 0. The predicted molar refractivity (Wildman–Crippen MR) is 90.9 cm³/mol. The Morgan fingerprint density at radius 2 is 1.92 bits per heavy atom. The van der Waals surface area contributed by atoms with Gasteiger partial charge in [-0.3, -0.25) is 4.79 Å². The molecule has 24 heavy (non-hydrogen) atoms. The second-order valence-corrected chi connectivity index (χ2v) is 5.67. The van der Waals surface area contributed by atoms with Crippen LogP contribution in [0.1, 0.15) is 5.56 Å². The quantitative estimate of drug-likeness (QED) is 0.593. The van der Waals surface area contributed by atoms with Crippen molar-refractivity contribution >= 4 is 21.9 Å². The number of fused-ring (bicyclic) bond motifs is 2. The van der Waals surface area contributed by atoms with Gasteiger partial charge in [-0.05, 0) is 42.8 Å². The molecule has 0 unspecified atom stereocenters. The summed E-state index contributed by atoms with van der Waals surface area (Å²) in [6, 6.07) is 9.77. The molecule has 120 valence electrons. The second-order valence-electron chi connectivity index (χ2n) is 5.67. The van der Waals surface area contributed by atoms with E-state index in [9.17, 15) is 9.18 Å². The first-order valence-electron chi connectivity index (χ1n) is 7.42. The molecule has 6 heteroatoms. The maximum Gasteiger partial charge on any atom is 0.276 e. The molecule has 2 heterocycles. The van der Waals surface area contributed by atoms with Gasteiger partial charge in [-0.2, -0.15) is 0 Å². The Balaban J connectivity index is 1.95. The minimum Gasteiger partial charge on any atom is -0.496 e. The van der Waals surface area contributed by atoms with Crippen molar-refractivity contribution in [2.24, 2.45) is 0 Å². The number of halogens is 1. The van der Waals surface area contributed by atoms with Gasteiger partial charge in [-0.15, -0.1) is 0 Å². The van der Waals surface area contributed by atoms with Gasteiger partial charge in [0.05, 0.1) is 23.8 Å². The number of nitrogens with zero attached hydrogens (tertiary/aromatic N) is 1. The standard InChI is InChI=1S/C18H14FN3O2/c1-9-5-13-10(7-16(9)24-2)6-15(20-13)17-18(23)22-12-4-3-11(19)8-14(12)21-17/h3-8,20H,1-2H3,(H,22,23). The van der Waals surface area contributed by atoms with Crippen molar-refractivity contribution in [3.8, 4) is 17.1 Å². The van der Waals surface area contributed by atoms with Crippen LogP contribution in [0.2, 0.25) is 0 Å². The zero-order chi connectivity index (χ0) is 16.8. The summed E-state index contributed by atoms with van der Waals surface area (Å²) in [6.07, 6.45) is 0. The van der Waals surface area contributed by atoms with E-state index in [0.717, 1.165) is 22.2 Å². The van der Waals surface area contributed by atoms with Crippen molar-refractivity contribution in [3.63, 3.8) is 0 Å². The molecule has 0 amide bonds. The van der Waals surface area contributed by atoms with Gasteiger partial charge < -0.3 is 14.7 Å². The molecule has 0 spiro atoms. The van der Waals surface area contributed by atoms with E-state index in [2.05, 4.69) is 15.0 Å². The lowest BCUT2D eigenvalue weighted by atomic mass is 10.1. The Bertz CT molecular complexity index is 1140. The molecule has 2 N–H and O–H groups in total. The van der Waals surface area contributed by atoms with Gasteiger partial charge in [0.15, 0.2) is 5.69 Å². The molecule has 0 bridgehead atoms. The molecule has 0 radical (unpaired) electrons. The maximum absolute atomic E-state index is 13.4. The van der Waals surface area contributed by atoms with E-state index in [4.69, 9.17) is 4.74 Å². The van der Waals surface area contributed by atoms with E-state index >= 15 is 0 Å². The van der Waals surface area contributed by atoms with Crippen molar-refractivity contribution in [1.29, 1.82) is 0 Å². The number of aromatic amines is 2. The summed E-state index contributed by atoms with van der Waals surface area (Å²) in [5.74, 6) is 0.375. The van der Waals surface area contributed by atoms with Gasteiger partial charge in [-0.25, -0.2) is 9.37 Å². The molecule has 2 aromatic heterocycles. The Labute approximate surface area is 136 Å². The van der Waals surface area contributed by atoms with Gasteiger partial charge in [0.1, 0.15) is 11.6 Å². The Hall–Kier alpha value is -3.15. The van der Waals surface area contributed by atoms with Crippen LogP contribution in [0.5, 0.6) is 5.75 Å². The summed E-state index contributed by atoms with van der Waals surface area (Å²) in [7, 11) is 1.62. The fraction of sp³-hybridized carbons (Fsp3) is 0.111. The molecule has 2 aromatic carbocycles. The van der Waals surface area contributed by atoms with Crippen LogP contribution >= 0.6 is 0 Å². The van der Waals surface area contributed by atoms with Crippen molar-refractivity contribution in [2.75, 3.05) is 7.11 Å². The van der Waals surface area contributed by atoms with Gasteiger partial charge in [0.25, 0.3) is 5.56 Å². The van der Waals surface area contributed by atoms with Crippen LogP contribution in [0.25, 0.3) is 33.3 Å². The van der Waals surface area contributed by atoms with Crippen LogP contribution in [-0.2, 0) is 0 Å². The van der Waals surface area contributed by atoms with E-state index in [1.807, 2.05) is 25.1 Å². The van der Waals surface area contributed by atoms with E-state index in [1.165, 1.54) is 18.2 Å². The van der Waals surface area contributed by atoms with Crippen molar-refractivity contribution in [2.45, 2.75) is 6.92 Å². The number of rotatable bonds is 2. The van der Waals surface area contributed by atoms with Gasteiger partial charge in [0.2, 0.25) is 0 Å². The topological polar surface area (TPSA) is 70.8 Å². The number of benzene rings is 2. The number of ether oxygens (including phenoxy) is 1. The Morgan fingerprint density at radius 1 is 1.08 bits per heavy atom. The fourth-order valence-corrected chi connectivity index (χ4v) is 2.85. The molecule has 0 aliphatic rings. The predicted octanol–water partition coefficient (Wildman–Crippen LogP) is 3.53. The van der Waals surface area contributed by atoms with Gasteiger partial charge in [0, 0.05) is 17.0 Å². The third-order valence-electron chi connectivity index (χ3n) is 4.05. The SMILES string of the molecule is COc1cc2cc(-c3nc4cc(F)ccc4[nH]c3=O)[nH]c2cc1C. The summed E-state index contributed by atoms with van der Waals surface area (Å²) in [6.45, 7) is 1.95. The lowest BCUT2D eigenvalue weighted by Gasteiger charge is -2.03. The highest BCUT2D eigenvalue weighted by Gasteiger charge is 2.12. The number of aryl methyl sites for hydroxylation is 1. The number of hydrogen-bond donors (Lipinski definition) is 2. The molecule has 4 aromatic rings. The highest BCUT2D eigenvalue weighted by molar-refractivity contribution is 5.88. The third kappa shape index (κ3) is 2.23. The van der Waals surface area contributed by atoms with Crippen LogP contribution in [0.15, 0.2) is 41.2 Å². The summed E-state index contributed by atoms with van der Waals surface area (Å²) in [5.41, 5.74) is 3.23. The number of methoxy groups -OCH3 is 1. The van der Waals surface area contributed by atoms with E-state index in [1.54, 1.807) is 7.11 Å². The first-order chi connectivity index (χ1) is 11.5. The lowest BCUT2D eigenvalue weighted by molar-refractivity contribution is 0.412. The molecule has 0 atom stereocenters. The van der Waals surface area contributed by atoms with Crippen LogP contribution in [-0.4, -0.2) is 22.1 Å². The summed E-state index contributed by atoms with van der Waals surface area (Å²) < 4.78 is 18.7. The molecule has 0 aliphatic carbocycles. The molecular weight excluding hydrogens is 309 g/mol. The van der Waals surface area contributed by atoms with Crippen molar-refractivity contribution in [1.82, 2.24) is 15.0 Å². The van der Waals surface area contributed by atoms with Crippen LogP contribution in [0.3, 0.4) is 0 Å². The highest BCUT2D eigenvalue weighted by atomic mass is 19.1. The molecule has 0 fully saturated rings. The number of H-pyrrole nitrogens is 2. The largest absolute Gasteiger partial charge is 0.496 e. The number of nitrogens with one attached hydrogen (secondary N) is 2. The van der Waals surface area contributed by atoms with Gasteiger partial charge in [-0.1, -0.05) is 0 Å². The van der Waals surface area contributed by atoms with E-state index in [-0.39, 0.29) is 11.3 Å². The minimum atomic E-state index is -0.398. The number of aromatic nitrogens is 3. The molecular formula is C18H14FN3O2. The monoisotopic (exact) mass is 323 g/mol. The van der Waals surface area contributed by atoms with Gasteiger partial charge >= 0.3 is 0 Å². The average Bonchev–Trinajstić information content (AvgIpc) is 2.96. The Morgan fingerprint density at radius 3 is 2.71 bits per heavy atom. The first kappa shape index (κ1) is 14.4. The maximum atomic E-state index is 13.4. The second kappa shape index (κ2) is 5.19. The lowest BCUT2D eigenvalue weighted by Crippen LogP contribution is -2.11. The average molecular weight is 323 g/mol. The first-order valence-corrected chi connectivity index (χ1v) is 7.42. The third-order valence-corrected chi connectivity index (χ3v) is 4.05. The van der Waals surface area contributed by atoms with E-state index in [0.29, 0.717) is 16.7 Å². The highest BCUT2D eigenvalue weighted by Crippen LogP contribution is 2.28. The molecule has 0 saturated heterocycles. The number of hydrogen-bond acceptors (Lipinski definition) is 3. The van der Waals surface area contributed by atoms with Crippen LogP contribution < -0.4 is 10.3 Å². The van der Waals surface area contributed by atoms with E-state index < -0.39 is 5.82 Å². The van der Waals surface area contributed by atoms with Crippen LogP contribution in [0.4, 0.5) is 4.39 Å². The fourth-order valence-electron chi connectivity index (χ4n) is 2.85. The smallest absolute Gasteiger partial charge is 0.276 e. The zero-order valence-electron chi connectivity index (χ0n) is 13.1.